The van der Waals surface area contributed by atoms with Gasteiger partial charge in [0.1, 0.15) is 5.02 Å². The predicted molar refractivity (Wildman–Crippen MR) is 46.4 cm³/mol. The molecule has 0 saturated carbocycles. The molecule has 74 valence electrons. The van der Waals surface area contributed by atoms with E-state index in [1.165, 1.54) is 0 Å². The van der Waals surface area contributed by atoms with Crippen molar-refractivity contribution in [3.63, 3.8) is 0 Å². The molecule has 0 unspecified atom stereocenters. The lowest BCUT2D eigenvalue weighted by Crippen LogP contribution is -1.97. The van der Waals surface area contributed by atoms with Crippen molar-refractivity contribution in [2.75, 3.05) is 0 Å². The lowest BCUT2D eigenvalue weighted by Gasteiger charge is -1.98. The Labute approximate surface area is 81.8 Å². The Morgan fingerprint density at radius 3 is 2.00 bits per heavy atom. The molecule has 0 bridgehead atoms. The summed E-state index contributed by atoms with van der Waals surface area (Å²) in [6.07, 6.45) is 0. The minimum atomic E-state index is -1.06. The Kier molecular flexibility index (Phi) is 2.52. The van der Waals surface area contributed by atoms with Gasteiger partial charge in [-0.25, -0.2) is 0 Å². The maximum atomic E-state index is 10.4. The maximum absolute atomic E-state index is 10.4. The molecule has 14 heavy (non-hydrogen) atoms. The molecule has 0 atom stereocenters. The van der Waals surface area contributed by atoms with Crippen LogP contribution in [0.3, 0.4) is 0 Å². The molecular formula is C6H3ClN2O5. The molecule has 0 aliphatic heterocycles. The lowest BCUT2D eigenvalue weighted by molar-refractivity contribution is -0.423. The first-order valence-corrected chi connectivity index (χ1v) is 3.63. The minimum Gasteiger partial charge on any atom is -0.502 e. The highest BCUT2D eigenvalue weighted by Gasteiger charge is 2.31. The van der Waals surface area contributed by atoms with Crippen LogP contribution in [0.1, 0.15) is 0 Å². The second kappa shape index (κ2) is 3.46. The molecule has 0 spiro atoms. The van der Waals surface area contributed by atoms with Crippen molar-refractivity contribution in [1.29, 1.82) is 0 Å². The van der Waals surface area contributed by atoms with Crippen LogP contribution in [0, 0.1) is 20.2 Å². The van der Waals surface area contributed by atoms with Gasteiger partial charge >= 0.3 is 11.4 Å². The van der Waals surface area contributed by atoms with Gasteiger partial charge in [0.25, 0.3) is 0 Å². The number of phenolic OH excluding ortho intramolecular Hbond substituents is 1. The van der Waals surface area contributed by atoms with E-state index < -0.39 is 27.0 Å². The van der Waals surface area contributed by atoms with E-state index in [2.05, 4.69) is 0 Å². The average molecular weight is 219 g/mol. The molecule has 0 radical (unpaired) electrons. The molecule has 0 heterocycles. The number of aromatic hydroxyl groups is 1. The SMILES string of the molecule is O=[N+]([O-])c1c(O)ccc(Cl)c1[N+](=O)[O-]. The van der Waals surface area contributed by atoms with E-state index in [4.69, 9.17) is 16.7 Å². The van der Waals surface area contributed by atoms with Crippen LogP contribution in [0.4, 0.5) is 11.4 Å². The van der Waals surface area contributed by atoms with Crippen LogP contribution in [0.5, 0.6) is 5.75 Å². The Bertz CT molecular complexity index is 380. The summed E-state index contributed by atoms with van der Waals surface area (Å²) >= 11 is 5.38. The largest absolute Gasteiger partial charge is 0.502 e. The molecule has 0 aromatic heterocycles. The third kappa shape index (κ3) is 1.57. The molecule has 0 aliphatic rings. The van der Waals surface area contributed by atoms with Gasteiger partial charge in [0.2, 0.25) is 5.75 Å². The van der Waals surface area contributed by atoms with Gasteiger partial charge < -0.3 is 5.11 Å². The first kappa shape index (κ1) is 10.2. The Balaban J connectivity index is 3.58. The summed E-state index contributed by atoms with van der Waals surface area (Å²) in [5.41, 5.74) is -1.90. The molecule has 0 aliphatic carbocycles. The Morgan fingerprint density at radius 1 is 1.14 bits per heavy atom. The van der Waals surface area contributed by atoms with Crippen LogP contribution in [0.25, 0.3) is 0 Å². The van der Waals surface area contributed by atoms with E-state index in [1.807, 2.05) is 0 Å². The zero-order valence-corrected chi connectivity index (χ0v) is 7.26. The number of phenols is 1. The number of nitro benzene ring substituents is 2. The Morgan fingerprint density at radius 2 is 1.64 bits per heavy atom. The number of hydrogen-bond acceptors (Lipinski definition) is 5. The average Bonchev–Trinajstić information content (AvgIpc) is 2.07. The summed E-state index contributed by atoms with van der Waals surface area (Å²) in [5.74, 6) is -0.786. The first-order chi connectivity index (χ1) is 6.45. The highest BCUT2D eigenvalue weighted by Crippen LogP contribution is 2.40. The minimum absolute atomic E-state index is 0.389. The molecule has 1 rings (SSSR count). The molecule has 7 nitrogen and oxygen atoms in total. The van der Waals surface area contributed by atoms with Crippen LogP contribution in [-0.2, 0) is 0 Å². The number of rotatable bonds is 2. The second-order valence-electron chi connectivity index (χ2n) is 2.28. The van der Waals surface area contributed by atoms with Gasteiger partial charge in [-0.2, -0.15) is 0 Å². The summed E-state index contributed by atoms with van der Waals surface area (Å²) in [4.78, 5) is 18.7. The fourth-order valence-corrected chi connectivity index (χ4v) is 1.12. The molecule has 1 aromatic rings. The molecule has 1 aromatic carbocycles. The predicted octanol–water partition coefficient (Wildman–Crippen LogP) is 1.86. The van der Waals surface area contributed by atoms with Crippen LogP contribution in [-0.4, -0.2) is 15.0 Å². The second-order valence-corrected chi connectivity index (χ2v) is 2.69. The quantitative estimate of drug-likeness (QED) is 0.602. The van der Waals surface area contributed by atoms with E-state index in [-0.39, 0.29) is 5.02 Å². The third-order valence-electron chi connectivity index (χ3n) is 1.45. The van der Waals surface area contributed by atoms with Crippen LogP contribution >= 0.6 is 11.6 Å². The topological polar surface area (TPSA) is 107 Å². The van der Waals surface area contributed by atoms with Gasteiger partial charge in [0.05, 0.1) is 9.85 Å². The maximum Gasteiger partial charge on any atom is 0.388 e. The van der Waals surface area contributed by atoms with Gasteiger partial charge in [-0.05, 0) is 12.1 Å². The van der Waals surface area contributed by atoms with Gasteiger partial charge in [-0.15, -0.1) is 0 Å². The summed E-state index contributed by atoms with van der Waals surface area (Å²) in [6, 6.07) is 1.94. The fourth-order valence-electron chi connectivity index (χ4n) is 0.898. The first-order valence-electron chi connectivity index (χ1n) is 3.25. The van der Waals surface area contributed by atoms with Gasteiger partial charge in [0, 0.05) is 0 Å². The zero-order chi connectivity index (χ0) is 10.9. The van der Waals surface area contributed by atoms with Crippen molar-refractivity contribution in [2.45, 2.75) is 0 Å². The molecule has 0 fully saturated rings. The van der Waals surface area contributed by atoms with E-state index in [0.717, 1.165) is 12.1 Å². The standard InChI is InChI=1S/C6H3ClN2O5/c7-3-1-2-4(10)6(9(13)14)5(3)8(11)12/h1-2,10H. The van der Waals surface area contributed by atoms with Crippen molar-refractivity contribution in [3.05, 3.63) is 37.4 Å². The smallest absolute Gasteiger partial charge is 0.388 e. The number of halogens is 1. The summed E-state index contributed by atoms with van der Waals surface area (Å²) < 4.78 is 0. The summed E-state index contributed by atoms with van der Waals surface area (Å²) in [6.45, 7) is 0. The van der Waals surface area contributed by atoms with Crippen molar-refractivity contribution in [2.24, 2.45) is 0 Å². The molecule has 0 saturated heterocycles. The third-order valence-corrected chi connectivity index (χ3v) is 1.75. The van der Waals surface area contributed by atoms with Crippen molar-refractivity contribution in [3.8, 4) is 5.75 Å². The fraction of sp³-hybridized carbons (Fsp3) is 0. The Hall–Kier alpha value is -1.89. The normalized spacial score (nSPS) is 9.79. The van der Waals surface area contributed by atoms with Crippen LogP contribution in [0.15, 0.2) is 12.1 Å². The molecule has 8 heteroatoms. The highest BCUT2D eigenvalue weighted by atomic mass is 35.5. The van der Waals surface area contributed by atoms with Gasteiger partial charge in [-0.1, -0.05) is 11.6 Å². The molecule has 0 amide bonds. The van der Waals surface area contributed by atoms with Gasteiger partial charge in [0.15, 0.2) is 0 Å². The number of hydrogen-bond donors (Lipinski definition) is 1. The summed E-state index contributed by atoms with van der Waals surface area (Å²) in [7, 11) is 0. The number of nitrogens with zero attached hydrogens (tertiary/aromatic N) is 2. The highest BCUT2D eigenvalue weighted by molar-refractivity contribution is 6.33. The monoisotopic (exact) mass is 218 g/mol. The number of nitro groups is 2. The molecular weight excluding hydrogens is 216 g/mol. The van der Waals surface area contributed by atoms with Crippen LogP contribution in [0.2, 0.25) is 5.02 Å². The van der Waals surface area contributed by atoms with Crippen molar-refractivity contribution in [1.82, 2.24) is 0 Å². The van der Waals surface area contributed by atoms with E-state index in [1.54, 1.807) is 0 Å². The molecule has 1 N–H and O–H groups in total. The van der Waals surface area contributed by atoms with E-state index >= 15 is 0 Å². The van der Waals surface area contributed by atoms with Crippen molar-refractivity contribution < 1.29 is 15.0 Å². The summed E-state index contributed by atoms with van der Waals surface area (Å²) in [5, 5.41) is 29.4. The van der Waals surface area contributed by atoms with E-state index in [0.29, 0.717) is 0 Å². The van der Waals surface area contributed by atoms with Gasteiger partial charge in [-0.3, -0.25) is 20.2 Å². The van der Waals surface area contributed by atoms with Crippen molar-refractivity contribution >= 4 is 23.0 Å². The van der Waals surface area contributed by atoms with E-state index in [9.17, 15) is 20.2 Å². The zero-order valence-electron chi connectivity index (χ0n) is 6.51. The lowest BCUT2D eigenvalue weighted by atomic mass is 10.2. The van der Waals surface area contributed by atoms with Crippen LogP contribution < -0.4 is 0 Å². The number of benzene rings is 1.